The van der Waals surface area contributed by atoms with E-state index in [4.69, 9.17) is 4.74 Å². The molecule has 0 aromatic heterocycles. The molecule has 3 rings (SSSR count). The van der Waals surface area contributed by atoms with Gasteiger partial charge >= 0.3 is 0 Å². The minimum atomic E-state index is -3.73. The number of anilines is 1. The highest BCUT2D eigenvalue weighted by atomic mass is 32.2. The molecule has 33 heavy (non-hydrogen) atoms. The molecule has 3 aromatic rings. The first-order valence-electron chi connectivity index (χ1n) is 10.1. The Hall–Kier alpha value is -3.69. The Morgan fingerprint density at radius 3 is 2.18 bits per heavy atom. The van der Waals surface area contributed by atoms with Crippen LogP contribution in [0.3, 0.4) is 0 Å². The Bertz CT molecular complexity index is 1220. The number of hydrogen-bond acceptors (Lipinski definition) is 5. The largest absolute Gasteiger partial charge is 0.496 e. The molecule has 0 spiro atoms. The monoisotopic (exact) mass is 467 g/mol. The fourth-order valence-corrected chi connectivity index (χ4v) is 4.10. The van der Waals surface area contributed by atoms with Crippen molar-refractivity contribution in [2.75, 3.05) is 12.4 Å². The van der Waals surface area contributed by atoms with E-state index in [-0.39, 0.29) is 23.3 Å². The fourth-order valence-electron chi connectivity index (χ4n) is 3.08. The zero-order valence-electron chi connectivity index (χ0n) is 18.3. The average molecular weight is 468 g/mol. The van der Waals surface area contributed by atoms with Crippen LogP contribution in [0.2, 0.25) is 0 Å². The summed E-state index contributed by atoms with van der Waals surface area (Å²) in [6, 6.07) is 20.0. The molecule has 0 bridgehead atoms. The Kier molecular flexibility index (Phi) is 7.81. The molecule has 0 radical (unpaired) electrons. The van der Waals surface area contributed by atoms with Crippen LogP contribution in [0.4, 0.5) is 5.69 Å². The molecule has 0 unspecified atom stereocenters. The summed E-state index contributed by atoms with van der Waals surface area (Å²) in [5, 5.41) is 5.43. The van der Waals surface area contributed by atoms with Gasteiger partial charge in [-0.1, -0.05) is 30.3 Å². The highest BCUT2D eigenvalue weighted by molar-refractivity contribution is 7.89. The molecule has 0 fully saturated rings. The van der Waals surface area contributed by atoms with Gasteiger partial charge in [0.15, 0.2) is 0 Å². The standard InChI is InChI=1S/C24H25N3O5S/c1-17(28)27-21-11-13-22(14-12-21)33(30,31)26-15-18-7-9-19(10-8-18)24(29)25-16-20-5-3-4-6-23(20)32-2/h3-14,26H,15-16H2,1-2H3,(H,25,29)(H,27,28). The number of amides is 2. The molecule has 8 nitrogen and oxygen atoms in total. The highest BCUT2D eigenvalue weighted by Crippen LogP contribution is 2.17. The summed E-state index contributed by atoms with van der Waals surface area (Å²) in [6.07, 6.45) is 0. The van der Waals surface area contributed by atoms with Crippen LogP contribution in [-0.4, -0.2) is 27.3 Å². The van der Waals surface area contributed by atoms with E-state index in [2.05, 4.69) is 15.4 Å². The lowest BCUT2D eigenvalue weighted by molar-refractivity contribution is -0.114. The molecule has 3 N–H and O–H groups in total. The Balaban J connectivity index is 1.56. The third-order valence-corrected chi connectivity index (χ3v) is 6.22. The van der Waals surface area contributed by atoms with Gasteiger partial charge in [0.1, 0.15) is 5.75 Å². The molecule has 3 aromatic carbocycles. The second kappa shape index (κ2) is 10.8. The van der Waals surface area contributed by atoms with Crippen LogP contribution in [0.1, 0.15) is 28.4 Å². The maximum Gasteiger partial charge on any atom is 0.251 e. The third kappa shape index (κ3) is 6.64. The summed E-state index contributed by atoms with van der Waals surface area (Å²) in [5.41, 5.74) is 2.55. The van der Waals surface area contributed by atoms with Gasteiger partial charge in [-0.25, -0.2) is 13.1 Å². The summed E-state index contributed by atoms with van der Waals surface area (Å²) in [6.45, 7) is 1.77. The lowest BCUT2D eigenvalue weighted by Crippen LogP contribution is -2.24. The first-order valence-corrected chi connectivity index (χ1v) is 11.6. The number of benzene rings is 3. The number of ether oxygens (including phenoxy) is 1. The van der Waals surface area contributed by atoms with E-state index in [0.717, 1.165) is 5.56 Å². The van der Waals surface area contributed by atoms with E-state index in [1.165, 1.54) is 31.2 Å². The average Bonchev–Trinajstić information content (AvgIpc) is 2.81. The Labute approximate surface area is 193 Å². The third-order valence-electron chi connectivity index (χ3n) is 4.80. The van der Waals surface area contributed by atoms with Crippen molar-refractivity contribution < 1.29 is 22.7 Å². The molecule has 9 heteroatoms. The first-order chi connectivity index (χ1) is 15.8. The normalized spacial score (nSPS) is 11.0. The lowest BCUT2D eigenvalue weighted by Gasteiger charge is -2.10. The van der Waals surface area contributed by atoms with Gasteiger partial charge < -0.3 is 15.4 Å². The van der Waals surface area contributed by atoms with Crippen molar-refractivity contribution in [1.82, 2.24) is 10.0 Å². The minimum absolute atomic E-state index is 0.0683. The predicted molar refractivity (Wildman–Crippen MR) is 125 cm³/mol. The van der Waals surface area contributed by atoms with Crippen LogP contribution >= 0.6 is 0 Å². The molecule has 0 aliphatic carbocycles. The van der Waals surface area contributed by atoms with Crippen LogP contribution in [0, 0.1) is 0 Å². The van der Waals surface area contributed by atoms with Crippen molar-refractivity contribution >= 4 is 27.5 Å². The second-order valence-electron chi connectivity index (χ2n) is 7.22. The van der Waals surface area contributed by atoms with Crippen molar-refractivity contribution in [3.63, 3.8) is 0 Å². The zero-order valence-corrected chi connectivity index (χ0v) is 19.1. The molecular formula is C24H25N3O5S. The Morgan fingerprint density at radius 1 is 0.879 bits per heavy atom. The number of methoxy groups -OCH3 is 1. The highest BCUT2D eigenvalue weighted by Gasteiger charge is 2.14. The van der Waals surface area contributed by atoms with Gasteiger partial charge in [-0.05, 0) is 48.0 Å². The van der Waals surface area contributed by atoms with Gasteiger partial charge in [0.25, 0.3) is 5.91 Å². The number of para-hydroxylation sites is 1. The SMILES string of the molecule is COc1ccccc1CNC(=O)c1ccc(CNS(=O)(=O)c2ccc(NC(C)=O)cc2)cc1. The van der Waals surface area contributed by atoms with Crippen molar-refractivity contribution in [1.29, 1.82) is 0 Å². The molecule has 2 amide bonds. The van der Waals surface area contributed by atoms with E-state index in [1.54, 1.807) is 31.4 Å². The van der Waals surface area contributed by atoms with Gasteiger partial charge in [0.2, 0.25) is 15.9 Å². The summed E-state index contributed by atoms with van der Waals surface area (Å²) in [7, 11) is -2.15. The van der Waals surface area contributed by atoms with Crippen molar-refractivity contribution in [2.24, 2.45) is 0 Å². The molecule has 0 aliphatic heterocycles. The molecule has 0 heterocycles. The van der Waals surface area contributed by atoms with Crippen molar-refractivity contribution in [2.45, 2.75) is 24.9 Å². The number of rotatable bonds is 9. The zero-order chi connectivity index (χ0) is 23.8. The van der Waals surface area contributed by atoms with E-state index in [1.807, 2.05) is 24.3 Å². The number of hydrogen-bond donors (Lipinski definition) is 3. The molecule has 0 aliphatic rings. The number of carbonyl (C=O) groups excluding carboxylic acids is 2. The number of sulfonamides is 1. The van der Waals surface area contributed by atoms with Crippen LogP contribution in [-0.2, 0) is 27.9 Å². The maximum atomic E-state index is 12.5. The number of nitrogens with one attached hydrogen (secondary N) is 3. The topological polar surface area (TPSA) is 114 Å². The van der Waals surface area contributed by atoms with Crippen LogP contribution < -0.4 is 20.1 Å². The minimum Gasteiger partial charge on any atom is -0.496 e. The van der Waals surface area contributed by atoms with E-state index >= 15 is 0 Å². The summed E-state index contributed by atoms with van der Waals surface area (Å²) in [5.74, 6) is 0.220. The van der Waals surface area contributed by atoms with Gasteiger partial charge in [0.05, 0.1) is 12.0 Å². The molecule has 0 saturated carbocycles. The van der Waals surface area contributed by atoms with Crippen LogP contribution in [0.5, 0.6) is 5.75 Å². The summed E-state index contributed by atoms with van der Waals surface area (Å²) in [4.78, 5) is 23.6. The molecule has 172 valence electrons. The van der Waals surface area contributed by atoms with Crippen LogP contribution in [0.15, 0.2) is 77.7 Å². The summed E-state index contributed by atoms with van der Waals surface area (Å²) >= 11 is 0. The smallest absolute Gasteiger partial charge is 0.251 e. The van der Waals surface area contributed by atoms with E-state index in [9.17, 15) is 18.0 Å². The molecule has 0 atom stereocenters. The molecule has 0 saturated heterocycles. The fraction of sp³-hybridized carbons (Fsp3) is 0.167. The van der Waals surface area contributed by atoms with Crippen molar-refractivity contribution in [3.8, 4) is 5.75 Å². The summed E-state index contributed by atoms with van der Waals surface area (Å²) < 4.78 is 32.8. The van der Waals surface area contributed by atoms with Gasteiger partial charge in [0, 0.05) is 36.8 Å². The number of carbonyl (C=O) groups is 2. The lowest BCUT2D eigenvalue weighted by atomic mass is 10.1. The van der Waals surface area contributed by atoms with Gasteiger partial charge in [-0.15, -0.1) is 0 Å². The first kappa shape index (κ1) is 24.0. The maximum absolute atomic E-state index is 12.5. The van der Waals surface area contributed by atoms with Gasteiger partial charge in [-0.3, -0.25) is 9.59 Å². The predicted octanol–water partition coefficient (Wildman–Crippen LogP) is 3.06. The van der Waals surface area contributed by atoms with Crippen LogP contribution in [0.25, 0.3) is 0 Å². The van der Waals surface area contributed by atoms with Gasteiger partial charge in [-0.2, -0.15) is 0 Å². The Morgan fingerprint density at radius 2 is 1.55 bits per heavy atom. The van der Waals surface area contributed by atoms with Crippen molar-refractivity contribution in [3.05, 3.63) is 89.5 Å². The van der Waals surface area contributed by atoms with E-state index in [0.29, 0.717) is 29.1 Å². The van der Waals surface area contributed by atoms with E-state index < -0.39 is 10.0 Å². The second-order valence-corrected chi connectivity index (χ2v) is 8.99. The quantitative estimate of drug-likeness (QED) is 0.448. The molecular weight excluding hydrogens is 442 g/mol.